The molecule has 7 heteroatoms. The normalized spacial score (nSPS) is 16.9. The first-order chi connectivity index (χ1) is 14.1. The second-order valence-electron chi connectivity index (χ2n) is 7.74. The Morgan fingerprint density at radius 1 is 0.724 bits per heavy atom. The largest absolute Gasteiger partial charge is 0.478 e. The minimum Gasteiger partial charge on any atom is -0.334 e. The van der Waals surface area contributed by atoms with Crippen LogP contribution in [0.15, 0.2) is 12.4 Å². The van der Waals surface area contributed by atoms with Gasteiger partial charge < -0.3 is 9.80 Å². The lowest BCUT2D eigenvalue weighted by Crippen LogP contribution is -2.40. The van der Waals surface area contributed by atoms with Crippen LogP contribution in [0.3, 0.4) is 0 Å². The molecule has 0 aliphatic carbocycles. The SMILES string of the molecule is CCCCCCCCCCCN1C=CN(CC)C1OP(=O)(OCCC)OCCC. The topological polar surface area (TPSA) is 51.2 Å². The molecule has 1 rings (SSSR count). The molecule has 0 fully saturated rings. The van der Waals surface area contributed by atoms with Gasteiger partial charge in [0.25, 0.3) is 0 Å². The lowest BCUT2D eigenvalue weighted by molar-refractivity contribution is -0.0534. The number of phosphoric acid groups is 1. The van der Waals surface area contributed by atoms with Crippen molar-refractivity contribution in [1.82, 2.24) is 9.80 Å². The molecule has 0 N–H and O–H groups in total. The van der Waals surface area contributed by atoms with Gasteiger partial charge in [0.1, 0.15) is 0 Å². The van der Waals surface area contributed by atoms with Gasteiger partial charge in [-0.15, -0.1) is 0 Å². The Labute approximate surface area is 179 Å². The predicted molar refractivity (Wildman–Crippen MR) is 120 cm³/mol. The van der Waals surface area contributed by atoms with Gasteiger partial charge >= 0.3 is 7.82 Å². The van der Waals surface area contributed by atoms with Gasteiger partial charge in [0, 0.05) is 25.5 Å². The minimum absolute atomic E-state index is 0.367. The van der Waals surface area contributed by atoms with Crippen molar-refractivity contribution in [3.8, 4) is 0 Å². The van der Waals surface area contributed by atoms with Crippen LogP contribution < -0.4 is 0 Å². The van der Waals surface area contributed by atoms with Gasteiger partial charge in [-0.2, -0.15) is 0 Å². The molecule has 6 nitrogen and oxygen atoms in total. The molecular weight excluding hydrogens is 387 g/mol. The molecule has 1 atom stereocenters. The molecule has 0 amide bonds. The van der Waals surface area contributed by atoms with E-state index in [1.54, 1.807) is 0 Å². The highest BCUT2D eigenvalue weighted by atomic mass is 31.2. The summed E-state index contributed by atoms with van der Waals surface area (Å²) in [5.74, 6) is 0. The fourth-order valence-corrected chi connectivity index (χ4v) is 4.78. The molecule has 0 saturated carbocycles. The van der Waals surface area contributed by atoms with Gasteiger partial charge in [0.2, 0.25) is 6.35 Å². The van der Waals surface area contributed by atoms with Crippen LogP contribution in [0.5, 0.6) is 0 Å². The predicted octanol–water partition coefficient (Wildman–Crippen LogP) is 6.89. The summed E-state index contributed by atoms with van der Waals surface area (Å²) in [6.45, 7) is 10.7. The molecule has 1 aliphatic heterocycles. The maximum atomic E-state index is 13.1. The maximum Gasteiger partial charge on any atom is 0.478 e. The second-order valence-corrected chi connectivity index (χ2v) is 9.36. The van der Waals surface area contributed by atoms with Crippen molar-refractivity contribution < 1.29 is 18.1 Å². The third-order valence-corrected chi connectivity index (χ3v) is 6.48. The average Bonchev–Trinajstić information content (AvgIpc) is 3.10. The first kappa shape index (κ1) is 26.5. The Kier molecular flexibility index (Phi) is 14.8. The Morgan fingerprint density at radius 2 is 1.24 bits per heavy atom. The lowest BCUT2D eigenvalue weighted by Gasteiger charge is -2.33. The Morgan fingerprint density at radius 3 is 1.76 bits per heavy atom. The monoisotopic (exact) mass is 432 g/mol. The average molecular weight is 433 g/mol. The highest BCUT2D eigenvalue weighted by molar-refractivity contribution is 7.48. The van der Waals surface area contributed by atoms with Gasteiger partial charge in [-0.05, 0) is 26.2 Å². The Balaban J connectivity index is 2.44. The van der Waals surface area contributed by atoms with Crippen molar-refractivity contribution in [2.75, 3.05) is 26.3 Å². The van der Waals surface area contributed by atoms with Crippen molar-refractivity contribution in [3.63, 3.8) is 0 Å². The third kappa shape index (κ3) is 10.9. The molecule has 172 valence electrons. The minimum atomic E-state index is -3.58. The summed E-state index contributed by atoms with van der Waals surface area (Å²) in [6, 6.07) is 0. The zero-order chi connectivity index (χ0) is 21.4. The zero-order valence-corrected chi connectivity index (χ0v) is 20.2. The number of rotatable bonds is 19. The molecular formula is C22H45N2O4P. The molecule has 0 saturated heterocycles. The molecule has 0 aromatic heterocycles. The Bertz CT molecular complexity index is 464. The van der Waals surface area contributed by atoms with Gasteiger partial charge in [-0.1, -0.05) is 72.1 Å². The van der Waals surface area contributed by atoms with Crippen molar-refractivity contribution in [2.24, 2.45) is 0 Å². The molecule has 0 aromatic carbocycles. The fraction of sp³-hybridized carbons (Fsp3) is 0.909. The standard InChI is InChI=1S/C22H45N2O4P/c1-5-9-10-11-12-13-14-15-16-17-24-19-18-23(8-4)22(24)28-29(25,26-20-6-2)27-21-7-3/h18-19,22H,5-17,20-21H2,1-4H3. The summed E-state index contributed by atoms with van der Waals surface area (Å²) >= 11 is 0. The van der Waals surface area contributed by atoms with Crippen molar-refractivity contribution in [2.45, 2.75) is 105 Å². The van der Waals surface area contributed by atoms with E-state index in [4.69, 9.17) is 13.6 Å². The number of nitrogens with zero attached hydrogens (tertiary/aromatic N) is 2. The summed E-state index contributed by atoms with van der Waals surface area (Å²) in [6.07, 6.45) is 16.8. The first-order valence-electron chi connectivity index (χ1n) is 11.9. The number of hydrogen-bond donors (Lipinski definition) is 0. The zero-order valence-electron chi connectivity index (χ0n) is 19.3. The van der Waals surface area contributed by atoms with E-state index >= 15 is 0 Å². The van der Waals surface area contributed by atoms with E-state index in [-0.39, 0.29) is 0 Å². The van der Waals surface area contributed by atoms with E-state index in [1.807, 2.05) is 31.1 Å². The summed E-state index contributed by atoms with van der Waals surface area (Å²) < 4.78 is 30.0. The van der Waals surface area contributed by atoms with Gasteiger partial charge in [-0.25, -0.2) is 9.09 Å². The third-order valence-electron chi connectivity index (χ3n) is 5.03. The quantitative estimate of drug-likeness (QED) is 0.164. The van der Waals surface area contributed by atoms with Crippen molar-refractivity contribution in [1.29, 1.82) is 0 Å². The van der Waals surface area contributed by atoms with Crippen LogP contribution in [0.4, 0.5) is 0 Å². The van der Waals surface area contributed by atoms with Crippen LogP contribution in [0.2, 0.25) is 0 Å². The van der Waals surface area contributed by atoms with E-state index in [9.17, 15) is 4.57 Å². The Hall–Kier alpha value is -0.550. The number of phosphoric ester groups is 1. The fourth-order valence-electron chi connectivity index (χ4n) is 3.30. The first-order valence-corrected chi connectivity index (χ1v) is 13.3. The smallest absolute Gasteiger partial charge is 0.334 e. The van der Waals surface area contributed by atoms with Gasteiger partial charge in [0.05, 0.1) is 13.2 Å². The summed E-state index contributed by atoms with van der Waals surface area (Å²) in [5.41, 5.74) is 0. The van der Waals surface area contributed by atoms with Crippen LogP contribution in [-0.2, 0) is 18.1 Å². The summed E-state index contributed by atoms with van der Waals surface area (Å²) in [5, 5.41) is 0. The molecule has 0 spiro atoms. The molecule has 0 radical (unpaired) electrons. The van der Waals surface area contributed by atoms with Crippen LogP contribution in [0, 0.1) is 0 Å². The highest BCUT2D eigenvalue weighted by Crippen LogP contribution is 2.52. The molecule has 1 unspecified atom stereocenters. The molecule has 0 aromatic rings. The second kappa shape index (κ2) is 16.2. The van der Waals surface area contributed by atoms with Crippen LogP contribution in [0.25, 0.3) is 0 Å². The summed E-state index contributed by atoms with van der Waals surface area (Å²) in [7, 11) is -3.58. The van der Waals surface area contributed by atoms with Crippen LogP contribution in [-0.4, -0.2) is 42.5 Å². The maximum absolute atomic E-state index is 13.1. The van der Waals surface area contributed by atoms with E-state index in [2.05, 4.69) is 18.7 Å². The molecule has 29 heavy (non-hydrogen) atoms. The van der Waals surface area contributed by atoms with E-state index in [0.29, 0.717) is 13.2 Å². The van der Waals surface area contributed by atoms with Crippen molar-refractivity contribution >= 4 is 7.82 Å². The molecule has 0 bridgehead atoms. The van der Waals surface area contributed by atoms with Crippen LogP contribution >= 0.6 is 7.82 Å². The molecule has 1 heterocycles. The number of unbranched alkanes of at least 4 members (excludes halogenated alkanes) is 8. The van der Waals surface area contributed by atoms with Crippen molar-refractivity contribution in [3.05, 3.63) is 12.4 Å². The van der Waals surface area contributed by atoms with E-state index < -0.39 is 14.2 Å². The number of hydrogen-bond acceptors (Lipinski definition) is 6. The van der Waals surface area contributed by atoms with Gasteiger partial charge in [0.15, 0.2) is 0 Å². The highest BCUT2D eigenvalue weighted by Gasteiger charge is 2.36. The van der Waals surface area contributed by atoms with Crippen LogP contribution in [0.1, 0.15) is 98.3 Å². The summed E-state index contributed by atoms with van der Waals surface area (Å²) in [4.78, 5) is 4.15. The lowest BCUT2D eigenvalue weighted by atomic mass is 10.1. The van der Waals surface area contributed by atoms with E-state index in [0.717, 1.165) is 32.4 Å². The van der Waals surface area contributed by atoms with Gasteiger partial charge in [-0.3, -0.25) is 9.05 Å². The van der Waals surface area contributed by atoms with E-state index in [1.165, 1.54) is 51.4 Å². The molecule has 1 aliphatic rings.